The van der Waals surface area contributed by atoms with Crippen LogP contribution in [-0.2, 0) is 0 Å². The number of anilines is 4. The van der Waals surface area contributed by atoms with Crippen molar-refractivity contribution in [3.8, 4) is 11.8 Å². The summed E-state index contributed by atoms with van der Waals surface area (Å²) in [5.74, 6) is 0.665. The number of benzene rings is 1. The lowest BCUT2D eigenvalue weighted by molar-refractivity contribution is 0.762. The molecule has 1 aromatic carbocycles. The molecule has 34 heavy (non-hydrogen) atoms. The largest absolute Gasteiger partial charge is 0.382 e. The molecule has 0 unspecified atom stereocenters. The molecule has 1 aliphatic rings. The van der Waals surface area contributed by atoms with Crippen molar-refractivity contribution in [2.45, 2.75) is 19.8 Å². The number of nitriles is 1. The highest BCUT2D eigenvalue weighted by molar-refractivity contribution is 6.35. The van der Waals surface area contributed by atoms with Crippen LogP contribution in [0, 0.1) is 24.2 Å². The Morgan fingerprint density at radius 1 is 1.24 bits per heavy atom. The molecule has 0 bridgehead atoms. The van der Waals surface area contributed by atoms with Crippen LogP contribution < -0.4 is 21.9 Å². The first kappa shape index (κ1) is 21.6. The van der Waals surface area contributed by atoms with Gasteiger partial charge in [-0.15, -0.1) is 0 Å². The second kappa shape index (κ2) is 8.28. The summed E-state index contributed by atoms with van der Waals surface area (Å²) in [6.07, 6.45) is 5.27. The Morgan fingerprint density at radius 2 is 2.03 bits per heavy atom. The van der Waals surface area contributed by atoms with Crippen molar-refractivity contribution in [3.05, 3.63) is 63.2 Å². The molecule has 0 atom stereocenters. The Balaban J connectivity index is 1.88. The molecule has 10 nitrogen and oxygen atoms in total. The van der Waals surface area contributed by atoms with Crippen LogP contribution >= 0.6 is 11.6 Å². The first-order valence-electron chi connectivity index (χ1n) is 10.6. The van der Waals surface area contributed by atoms with Crippen molar-refractivity contribution in [1.29, 1.82) is 5.26 Å². The van der Waals surface area contributed by atoms with Gasteiger partial charge in [0.2, 0.25) is 11.9 Å². The van der Waals surface area contributed by atoms with Gasteiger partial charge in [-0.05, 0) is 49.4 Å². The van der Waals surface area contributed by atoms with Gasteiger partial charge in [-0.25, -0.2) is 9.55 Å². The molecule has 0 spiro atoms. The smallest absolute Gasteiger partial charge is 0.268 e. The maximum absolute atomic E-state index is 13.8. The van der Waals surface area contributed by atoms with Gasteiger partial charge in [-0.3, -0.25) is 14.7 Å². The molecule has 3 aromatic heterocycles. The molecule has 4 N–H and O–H groups in total. The predicted molar refractivity (Wildman–Crippen MR) is 130 cm³/mol. The zero-order valence-electron chi connectivity index (χ0n) is 18.2. The van der Waals surface area contributed by atoms with Crippen LogP contribution in [0.5, 0.6) is 0 Å². The number of nitrogen functional groups attached to an aromatic ring is 2. The summed E-state index contributed by atoms with van der Waals surface area (Å²) in [5, 5.41) is 10.4. The van der Waals surface area contributed by atoms with Gasteiger partial charge >= 0.3 is 0 Å². The van der Waals surface area contributed by atoms with Crippen molar-refractivity contribution in [1.82, 2.24) is 24.5 Å². The van der Waals surface area contributed by atoms with Crippen molar-refractivity contribution >= 4 is 46.0 Å². The van der Waals surface area contributed by atoms with E-state index in [1.807, 2.05) is 13.0 Å². The lowest BCUT2D eigenvalue weighted by Crippen LogP contribution is -2.32. The van der Waals surface area contributed by atoms with Crippen LogP contribution in [0.4, 0.5) is 23.5 Å². The minimum atomic E-state index is -0.368. The Hall–Kier alpha value is -4.23. The quantitative estimate of drug-likeness (QED) is 0.445. The van der Waals surface area contributed by atoms with E-state index in [9.17, 15) is 10.1 Å². The Labute approximate surface area is 199 Å². The Bertz CT molecular complexity index is 1540. The predicted octanol–water partition coefficient (Wildman–Crippen LogP) is 3.12. The van der Waals surface area contributed by atoms with Crippen LogP contribution in [0.25, 0.3) is 16.6 Å². The number of hydrogen-bond acceptors (Lipinski definition) is 9. The highest BCUT2D eigenvalue weighted by Crippen LogP contribution is 2.37. The normalized spacial score (nSPS) is 13.1. The fraction of sp³-hybridized carbons (Fsp3) is 0.217. The van der Waals surface area contributed by atoms with Gasteiger partial charge in [-0.2, -0.15) is 15.2 Å². The van der Waals surface area contributed by atoms with E-state index in [1.165, 1.54) is 4.57 Å². The summed E-state index contributed by atoms with van der Waals surface area (Å²) in [6, 6.07) is 8.98. The lowest BCUT2D eigenvalue weighted by Gasteiger charge is -2.27. The molecule has 170 valence electrons. The first-order valence-corrected chi connectivity index (χ1v) is 11.0. The minimum Gasteiger partial charge on any atom is -0.382 e. The second-order valence-electron chi connectivity index (χ2n) is 8.24. The number of nitrogens with zero attached hydrogens (tertiary/aromatic N) is 7. The van der Waals surface area contributed by atoms with E-state index >= 15 is 0 Å². The van der Waals surface area contributed by atoms with Gasteiger partial charge in [-0.1, -0.05) is 17.7 Å². The molecule has 5 rings (SSSR count). The Kier molecular flexibility index (Phi) is 5.26. The van der Waals surface area contributed by atoms with Crippen molar-refractivity contribution in [3.63, 3.8) is 0 Å². The summed E-state index contributed by atoms with van der Waals surface area (Å²) >= 11 is 6.41. The molecular formula is C23H20ClN9O. The number of fused-ring (bicyclic) bond motifs is 1. The number of nitrogens with two attached hydrogens (primary N) is 2. The van der Waals surface area contributed by atoms with Crippen LogP contribution in [0.2, 0.25) is 5.02 Å². The lowest BCUT2D eigenvalue weighted by atomic mass is 10.2. The minimum absolute atomic E-state index is 0.0410. The number of hydrogen-bond donors (Lipinski definition) is 2. The Morgan fingerprint density at radius 3 is 2.74 bits per heavy atom. The number of aromatic nitrogens is 5. The molecule has 1 saturated carbocycles. The maximum atomic E-state index is 13.8. The molecule has 3 heterocycles. The molecule has 0 radical (unpaired) electrons. The van der Waals surface area contributed by atoms with Gasteiger partial charge in [0, 0.05) is 12.7 Å². The molecular weight excluding hydrogens is 454 g/mol. The van der Waals surface area contributed by atoms with Crippen molar-refractivity contribution in [2.75, 3.05) is 22.9 Å². The van der Waals surface area contributed by atoms with Gasteiger partial charge in [0.15, 0.2) is 5.82 Å². The van der Waals surface area contributed by atoms with Crippen LogP contribution in [0.3, 0.4) is 0 Å². The fourth-order valence-electron chi connectivity index (χ4n) is 3.86. The van der Waals surface area contributed by atoms with E-state index in [1.54, 1.807) is 35.5 Å². The molecule has 0 aliphatic heterocycles. The standard InChI is InChI=1S/C23H20ClN9O/c1-12-7-14(10-28-9-12)33-21(34)18-16(24)3-2-4-17(18)29-23(33)32(11-13-5-6-13)20-15(8-25)19(26)30-22(27)31-20/h2-4,7,9-10,13H,5-6,11H2,1H3,(H4,26,27,30,31). The number of pyridine rings is 1. The van der Waals surface area contributed by atoms with E-state index in [2.05, 4.69) is 21.0 Å². The summed E-state index contributed by atoms with van der Waals surface area (Å²) < 4.78 is 1.44. The highest BCUT2D eigenvalue weighted by Gasteiger charge is 2.31. The van der Waals surface area contributed by atoms with E-state index < -0.39 is 0 Å². The summed E-state index contributed by atoms with van der Waals surface area (Å²) in [7, 11) is 0. The third-order valence-corrected chi connectivity index (χ3v) is 5.94. The molecule has 1 fully saturated rings. The van der Waals surface area contributed by atoms with Crippen LogP contribution in [0.15, 0.2) is 41.5 Å². The highest BCUT2D eigenvalue weighted by atomic mass is 35.5. The monoisotopic (exact) mass is 473 g/mol. The van der Waals surface area contributed by atoms with Crippen molar-refractivity contribution in [2.24, 2.45) is 5.92 Å². The molecule has 1 aliphatic carbocycles. The molecule has 0 saturated heterocycles. The van der Waals surface area contributed by atoms with Crippen LogP contribution in [0.1, 0.15) is 24.0 Å². The zero-order chi connectivity index (χ0) is 24.0. The van der Waals surface area contributed by atoms with E-state index in [4.69, 9.17) is 28.1 Å². The second-order valence-corrected chi connectivity index (χ2v) is 8.65. The molecule has 11 heteroatoms. The fourth-order valence-corrected chi connectivity index (χ4v) is 4.11. The van der Waals surface area contributed by atoms with E-state index in [-0.39, 0.29) is 45.1 Å². The average molecular weight is 474 g/mol. The van der Waals surface area contributed by atoms with Gasteiger partial charge in [0.05, 0.1) is 27.8 Å². The van der Waals surface area contributed by atoms with Crippen LogP contribution in [-0.4, -0.2) is 31.0 Å². The van der Waals surface area contributed by atoms with Gasteiger partial charge < -0.3 is 11.5 Å². The summed E-state index contributed by atoms with van der Waals surface area (Å²) in [5.41, 5.74) is 13.4. The third kappa shape index (κ3) is 3.76. The summed E-state index contributed by atoms with van der Waals surface area (Å²) in [6.45, 7) is 2.34. The zero-order valence-corrected chi connectivity index (χ0v) is 19.0. The number of aryl methyl sites for hydroxylation is 1. The maximum Gasteiger partial charge on any atom is 0.268 e. The number of rotatable bonds is 5. The van der Waals surface area contributed by atoms with E-state index in [0.717, 1.165) is 18.4 Å². The molecule has 4 aromatic rings. The van der Waals surface area contributed by atoms with Gasteiger partial charge in [0.25, 0.3) is 5.56 Å². The van der Waals surface area contributed by atoms with E-state index in [0.29, 0.717) is 23.7 Å². The first-order chi connectivity index (χ1) is 16.4. The molecule has 0 amide bonds. The summed E-state index contributed by atoms with van der Waals surface area (Å²) in [4.78, 5) is 32.9. The van der Waals surface area contributed by atoms with Crippen molar-refractivity contribution < 1.29 is 0 Å². The number of halogens is 1. The average Bonchev–Trinajstić information content (AvgIpc) is 3.61. The van der Waals surface area contributed by atoms with Gasteiger partial charge in [0.1, 0.15) is 17.5 Å². The topological polar surface area (TPSA) is 153 Å². The SMILES string of the molecule is Cc1cncc(-n2c(N(CC3CC3)c3nc(N)nc(N)c3C#N)nc3cccc(Cl)c3c2=O)c1. The third-order valence-electron chi connectivity index (χ3n) is 5.63.